The van der Waals surface area contributed by atoms with Crippen LogP contribution in [0.2, 0.25) is 0 Å². The highest BCUT2D eigenvalue weighted by molar-refractivity contribution is 7.15. The Kier molecular flexibility index (Phi) is 5.53. The Morgan fingerprint density at radius 2 is 1.93 bits per heavy atom. The molecule has 1 aliphatic rings. The fourth-order valence-corrected chi connectivity index (χ4v) is 4.11. The summed E-state index contributed by atoms with van der Waals surface area (Å²) >= 11 is 1.30. The zero-order valence-electron chi connectivity index (χ0n) is 15.9. The number of anilines is 2. The minimum atomic E-state index is -0.301. The summed E-state index contributed by atoms with van der Waals surface area (Å²) in [4.78, 5) is 26.8. The van der Waals surface area contributed by atoms with Crippen molar-refractivity contribution < 1.29 is 14.3 Å². The largest absolute Gasteiger partial charge is 0.493 e. The third kappa shape index (κ3) is 4.12. The number of amides is 2. The molecule has 1 fully saturated rings. The Morgan fingerprint density at radius 1 is 1.17 bits per heavy atom. The Bertz CT molecular complexity index is 1020. The van der Waals surface area contributed by atoms with Crippen molar-refractivity contribution in [3.63, 3.8) is 0 Å². The van der Waals surface area contributed by atoms with E-state index in [1.54, 1.807) is 23.1 Å². The number of nitrogens with one attached hydrogen (secondary N) is 1. The lowest BCUT2D eigenvalue weighted by Gasteiger charge is -2.15. The molecule has 0 bridgehead atoms. The summed E-state index contributed by atoms with van der Waals surface area (Å²) in [6, 6.07) is 16.6. The first-order chi connectivity index (χ1) is 14.2. The van der Waals surface area contributed by atoms with E-state index in [0.29, 0.717) is 36.0 Å². The highest BCUT2D eigenvalue weighted by atomic mass is 32.1. The van der Waals surface area contributed by atoms with Crippen LogP contribution in [-0.2, 0) is 4.79 Å². The predicted octanol–water partition coefficient (Wildman–Crippen LogP) is 3.71. The van der Waals surface area contributed by atoms with Gasteiger partial charge >= 0.3 is 0 Å². The molecule has 1 aromatic heterocycles. The number of rotatable bonds is 6. The molecule has 0 aliphatic carbocycles. The zero-order chi connectivity index (χ0) is 20.2. The summed E-state index contributed by atoms with van der Waals surface area (Å²) in [6.45, 7) is 2.90. The minimum absolute atomic E-state index is 0.0402. The molecular formula is C21H20N4O3S. The summed E-state index contributed by atoms with van der Waals surface area (Å²) in [6.07, 6.45) is 0.380. The second-order valence-electron chi connectivity index (χ2n) is 6.57. The molecule has 7 nitrogen and oxygen atoms in total. The molecule has 0 saturated carbocycles. The van der Waals surface area contributed by atoms with Gasteiger partial charge in [-0.15, -0.1) is 10.2 Å². The average Bonchev–Trinajstić information content (AvgIpc) is 3.36. The van der Waals surface area contributed by atoms with E-state index in [4.69, 9.17) is 4.74 Å². The van der Waals surface area contributed by atoms with Crippen LogP contribution < -0.4 is 15.0 Å². The summed E-state index contributed by atoms with van der Waals surface area (Å²) in [5, 5.41) is 12.2. The number of hydrogen-bond acceptors (Lipinski definition) is 6. The van der Waals surface area contributed by atoms with Gasteiger partial charge in [0.05, 0.1) is 12.2 Å². The number of ether oxygens (including phenoxy) is 1. The quantitative estimate of drug-likeness (QED) is 0.672. The molecule has 1 aliphatic heterocycles. The molecular weight excluding hydrogens is 388 g/mol. The molecule has 0 radical (unpaired) electrons. The number of benzene rings is 2. The Balaban J connectivity index is 1.45. The number of nitrogens with zero attached hydrogens (tertiary/aromatic N) is 3. The molecule has 2 amide bonds. The van der Waals surface area contributed by atoms with E-state index >= 15 is 0 Å². The number of carbonyl (C=O) groups is 2. The van der Waals surface area contributed by atoms with Crippen LogP contribution in [0.4, 0.5) is 10.8 Å². The molecule has 1 unspecified atom stereocenters. The van der Waals surface area contributed by atoms with Crippen molar-refractivity contribution in [1.29, 1.82) is 0 Å². The fraction of sp³-hybridized carbons (Fsp3) is 0.238. The smallest absolute Gasteiger partial charge is 0.261 e. The van der Waals surface area contributed by atoms with Crippen LogP contribution in [0.3, 0.4) is 0 Å². The fourth-order valence-electron chi connectivity index (χ4n) is 3.28. The van der Waals surface area contributed by atoms with Crippen molar-refractivity contribution in [1.82, 2.24) is 10.2 Å². The Morgan fingerprint density at radius 3 is 2.72 bits per heavy atom. The van der Waals surface area contributed by atoms with Gasteiger partial charge in [0.15, 0.2) is 0 Å². The molecule has 2 heterocycles. The molecule has 8 heteroatoms. The lowest BCUT2D eigenvalue weighted by Crippen LogP contribution is -2.24. The first-order valence-electron chi connectivity index (χ1n) is 9.37. The lowest BCUT2D eigenvalue weighted by atomic mass is 10.1. The van der Waals surface area contributed by atoms with Crippen molar-refractivity contribution in [2.24, 2.45) is 0 Å². The third-order valence-corrected chi connectivity index (χ3v) is 5.64. The van der Waals surface area contributed by atoms with Gasteiger partial charge in [-0.3, -0.25) is 14.9 Å². The first kappa shape index (κ1) is 19.1. The van der Waals surface area contributed by atoms with Crippen LogP contribution in [0.5, 0.6) is 5.75 Å². The first-order valence-corrected chi connectivity index (χ1v) is 10.2. The zero-order valence-corrected chi connectivity index (χ0v) is 16.7. The average molecular weight is 408 g/mol. The molecule has 148 valence electrons. The van der Waals surface area contributed by atoms with E-state index in [0.717, 1.165) is 10.7 Å². The van der Waals surface area contributed by atoms with Crippen molar-refractivity contribution >= 4 is 34.0 Å². The second kappa shape index (κ2) is 8.40. The van der Waals surface area contributed by atoms with E-state index in [-0.39, 0.29) is 17.7 Å². The topological polar surface area (TPSA) is 84.4 Å². The van der Waals surface area contributed by atoms with E-state index < -0.39 is 0 Å². The van der Waals surface area contributed by atoms with Gasteiger partial charge in [0.1, 0.15) is 10.8 Å². The van der Waals surface area contributed by atoms with Crippen LogP contribution in [-0.4, -0.2) is 35.2 Å². The predicted molar refractivity (Wildman–Crippen MR) is 112 cm³/mol. The summed E-state index contributed by atoms with van der Waals surface area (Å²) < 4.78 is 5.51. The highest BCUT2D eigenvalue weighted by Crippen LogP contribution is 2.34. The molecule has 3 aromatic rings. The van der Waals surface area contributed by atoms with Crippen molar-refractivity contribution in [3.8, 4) is 5.75 Å². The third-order valence-electron chi connectivity index (χ3n) is 4.63. The van der Waals surface area contributed by atoms with Gasteiger partial charge in [-0.1, -0.05) is 41.7 Å². The van der Waals surface area contributed by atoms with Gasteiger partial charge in [0.2, 0.25) is 11.0 Å². The molecule has 1 saturated heterocycles. The molecule has 2 aromatic carbocycles. The van der Waals surface area contributed by atoms with E-state index in [1.807, 2.05) is 43.3 Å². The second-order valence-corrected chi connectivity index (χ2v) is 7.58. The van der Waals surface area contributed by atoms with Crippen molar-refractivity contribution in [3.05, 3.63) is 65.2 Å². The molecule has 1 N–H and O–H groups in total. The molecule has 0 spiro atoms. The molecule has 4 rings (SSSR count). The van der Waals surface area contributed by atoms with Crippen molar-refractivity contribution in [2.75, 3.05) is 23.4 Å². The van der Waals surface area contributed by atoms with Gasteiger partial charge in [0.25, 0.3) is 5.91 Å². The number of para-hydroxylation sites is 2. The maximum absolute atomic E-state index is 12.6. The number of hydrogen-bond donors (Lipinski definition) is 1. The van der Waals surface area contributed by atoms with Gasteiger partial charge in [-0.25, -0.2) is 0 Å². The van der Waals surface area contributed by atoms with Crippen LogP contribution >= 0.6 is 11.3 Å². The normalized spacial score (nSPS) is 16.1. The maximum Gasteiger partial charge on any atom is 0.261 e. The Labute approximate surface area is 172 Å². The van der Waals surface area contributed by atoms with Gasteiger partial charge < -0.3 is 9.64 Å². The highest BCUT2D eigenvalue weighted by Gasteiger charge is 2.34. The van der Waals surface area contributed by atoms with Crippen LogP contribution in [0.25, 0.3) is 0 Å². The SMILES string of the molecule is CCOc1ccccc1C(=O)Nc1nnc(C2CC(=O)N(c3ccccc3)C2)s1. The number of aromatic nitrogens is 2. The maximum atomic E-state index is 12.6. The molecule has 29 heavy (non-hydrogen) atoms. The van der Waals surface area contributed by atoms with Gasteiger partial charge in [-0.05, 0) is 31.2 Å². The van der Waals surface area contributed by atoms with Crippen LogP contribution in [0.15, 0.2) is 54.6 Å². The Hall–Kier alpha value is -3.26. The van der Waals surface area contributed by atoms with Crippen LogP contribution in [0.1, 0.15) is 34.6 Å². The van der Waals surface area contributed by atoms with E-state index in [1.165, 1.54) is 11.3 Å². The molecule has 1 atom stereocenters. The van der Waals surface area contributed by atoms with Gasteiger partial charge in [0, 0.05) is 24.6 Å². The van der Waals surface area contributed by atoms with E-state index in [9.17, 15) is 9.59 Å². The van der Waals surface area contributed by atoms with Crippen molar-refractivity contribution in [2.45, 2.75) is 19.3 Å². The summed E-state index contributed by atoms with van der Waals surface area (Å²) in [7, 11) is 0. The minimum Gasteiger partial charge on any atom is -0.493 e. The standard InChI is InChI=1S/C21H20N4O3S/c1-2-28-17-11-7-6-10-16(17)19(27)22-21-24-23-20(29-21)14-12-18(26)25(13-14)15-8-4-3-5-9-15/h3-11,14H,2,12-13H2,1H3,(H,22,24,27). The number of carbonyl (C=O) groups excluding carboxylic acids is 2. The monoisotopic (exact) mass is 408 g/mol. The van der Waals surface area contributed by atoms with Crippen LogP contribution in [0, 0.1) is 0 Å². The summed E-state index contributed by atoms with van der Waals surface area (Å²) in [5.41, 5.74) is 1.32. The van der Waals surface area contributed by atoms with Gasteiger partial charge in [-0.2, -0.15) is 0 Å². The lowest BCUT2D eigenvalue weighted by molar-refractivity contribution is -0.117. The summed E-state index contributed by atoms with van der Waals surface area (Å²) in [5.74, 6) is 0.247. The van der Waals surface area contributed by atoms with E-state index in [2.05, 4.69) is 15.5 Å².